The number of aromatic nitrogens is 4. The van der Waals surface area contributed by atoms with E-state index in [1.165, 1.54) is 4.57 Å². The number of nitrogen functional groups attached to an aromatic ring is 1. The highest BCUT2D eigenvalue weighted by Gasteiger charge is 2.45. The summed E-state index contributed by atoms with van der Waals surface area (Å²) in [6, 6.07) is 0. The third-order valence-electron chi connectivity index (χ3n) is 4.84. The lowest BCUT2D eigenvalue weighted by Gasteiger charge is -2.15. The topological polar surface area (TPSA) is 169 Å². The summed E-state index contributed by atoms with van der Waals surface area (Å²) in [6.45, 7) is 1.83. The van der Waals surface area contributed by atoms with Crippen molar-refractivity contribution in [2.45, 2.75) is 63.7 Å². The fraction of sp³-hybridized carbons (Fsp3) is 0.688. The van der Waals surface area contributed by atoms with Gasteiger partial charge in [0.2, 0.25) is 5.95 Å². The Labute approximate surface area is 154 Å². The number of nitrogens with two attached hydrogens (primary N) is 1. The van der Waals surface area contributed by atoms with E-state index in [9.17, 15) is 24.9 Å². The summed E-state index contributed by atoms with van der Waals surface area (Å²) in [5.41, 5.74) is 4.45. The fourth-order valence-electron chi connectivity index (χ4n) is 3.43. The number of hydrogen-bond acceptors (Lipinski definition) is 8. The van der Waals surface area contributed by atoms with Gasteiger partial charge in [-0.25, -0.2) is 9.36 Å². The van der Waals surface area contributed by atoms with Crippen LogP contribution >= 0.6 is 0 Å². The minimum Gasteiger partial charge on any atom is -0.394 e. The number of imidazole rings is 1. The molecule has 0 unspecified atom stereocenters. The van der Waals surface area contributed by atoms with Gasteiger partial charge < -0.3 is 25.8 Å². The number of hydrogen-bond donors (Lipinski definition) is 5. The zero-order chi connectivity index (χ0) is 19.7. The van der Waals surface area contributed by atoms with Crippen molar-refractivity contribution in [3.8, 4) is 0 Å². The summed E-state index contributed by atoms with van der Waals surface area (Å²) in [5, 5.41) is 29.6. The number of aliphatic hydroxyl groups excluding tert-OH is 3. The zero-order valence-electron chi connectivity index (χ0n) is 15.0. The van der Waals surface area contributed by atoms with Gasteiger partial charge in [0.15, 0.2) is 17.4 Å². The maximum absolute atomic E-state index is 13.0. The molecule has 0 aliphatic carbocycles. The summed E-state index contributed by atoms with van der Waals surface area (Å²) < 4.78 is 7.75. The Balaban J connectivity index is 2.11. The maximum Gasteiger partial charge on any atom is 0.332 e. The summed E-state index contributed by atoms with van der Waals surface area (Å²) in [5.74, 6) is -0.184. The van der Waals surface area contributed by atoms with Crippen molar-refractivity contribution in [2.75, 3.05) is 12.3 Å². The molecule has 1 aliphatic rings. The Bertz CT molecular complexity index is 918. The second-order valence-corrected chi connectivity index (χ2v) is 6.72. The van der Waals surface area contributed by atoms with Crippen LogP contribution in [0.1, 0.15) is 38.8 Å². The fourth-order valence-corrected chi connectivity index (χ4v) is 3.43. The van der Waals surface area contributed by atoms with Gasteiger partial charge >= 0.3 is 5.69 Å². The molecule has 0 saturated carbocycles. The van der Waals surface area contributed by atoms with E-state index in [1.54, 1.807) is 0 Å². The molecule has 1 saturated heterocycles. The first-order chi connectivity index (χ1) is 12.9. The number of aromatic amines is 1. The first-order valence-corrected chi connectivity index (χ1v) is 9.03. The first-order valence-electron chi connectivity index (χ1n) is 9.03. The highest BCUT2D eigenvalue weighted by molar-refractivity contribution is 5.71. The molecule has 0 bridgehead atoms. The quantitative estimate of drug-likeness (QED) is 0.366. The molecule has 3 heterocycles. The molecule has 6 N–H and O–H groups in total. The number of aliphatic hydroxyl groups is 3. The number of nitrogens with one attached hydrogen (secondary N) is 1. The number of anilines is 1. The Hall–Kier alpha value is -2.21. The molecule has 2 aromatic heterocycles. The van der Waals surface area contributed by atoms with Gasteiger partial charge in [0.1, 0.15) is 18.3 Å². The second-order valence-electron chi connectivity index (χ2n) is 6.72. The Morgan fingerprint density at radius 1 is 1.22 bits per heavy atom. The zero-order valence-corrected chi connectivity index (χ0v) is 15.0. The standard InChI is InChI=1S/C16H25N5O6/c1-2-3-4-5-6-20-9-12(18-15(17)19-13(9)25)21(16(20)26)14-11(24)10(23)8(7-22)27-14/h8,10-11,14,22-24H,2-7H2,1H3,(H3,17,18,19,25)/t8-,10-,11-,14-/m1/s1. The molecule has 150 valence electrons. The number of nitrogens with zero attached hydrogens (tertiary/aromatic N) is 3. The van der Waals surface area contributed by atoms with Gasteiger partial charge in [0, 0.05) is 6.54 Å². The van der Waals surface area contributed by atoms with E-state index >= 15 is 0 Å². The van der Waals surface area contributed by atoms with Crippen LogP contribution in [0.25, 0.3) is 11.2 Å². The summed E-state index contributed by atoms with van der Waals surface area (Å²) in [4.78, 5) is 31.8. The molecule has 4 atom stereocenters. The molecule has 1 fully saturated rings. The average molecular weight is 383 g/mol. The normalized spacial score (nSPS) is 25.5. The van der Waals surface area contributed by atoms with Crippen LogP contribution in [0.2, 0.25) is 0 Å². The molecular formula is C16H25N5O6. The van der Waals surface area contributed by atoms with Crippen LogP contribution in [-0.2, 0) is 11.3 Å². The van der Waals surface area contributed by atoms with Gasteiger partial charge in [-0.2, -0.15) is 4.98 Å². The number of fused-ring (bicyclic) bond motifs is 1. The SMILES string of the molecule is CCCCCCn1c(=O)n([C@@H]2O[C@H](CO)[C@@H](O)[C@H]2O)c2nc(N)[nH]c(=O)c21. The molecule has 27 heavy (non-hydrogen) atoms. The largest absolute Gasteiger partial charge is 0.394 e. The third-order valence-corrected chi connectivity index (χ3v) is 4.84. The molecule has 11 heteroatoms. The lowest BCUT2D eigenvalue weighted by molar-refractivity contribution is -0.0528. The molecule has 0 spiro atoms. The molecule has 1 aliphatic heterocycles. The molecule has 3 rings (SSSR count). The Morgan fingerprint density at radius 2 is 1.96 bits per heavy atom. The minimum absolute atomic E-state index is 0.0310. The summed E-state index contributed by atoms with van der Waals surface area (Å²) in [7, 11) is 0. The van der Waals surface area contributed by atoms with Gasteiger partial charge in [-0.3, -0.25) is 14.3 Å². The van der Waals surface area contributed by atoms with Crippen LogP contribution < -0.4 is 17.0 Å². The van der Waals surface area contributed by atoms with Crippen LogP contribution in [0.4, 0.5) is 5.95 Å². The Kier molecular flexibility index (Phi) is 5.65. The molecule has 0 amide bonds. The predicted octanol–water partition coefficient (Wildman–Crippen LogP) is -1.34. The van der Waals surface area contributed by atoms with Gasteiger partial charge in [0.25, 0.3) is 5.56 Å². The number of rotatable bonds is 7. The number of H-pyrrole nitrogens is 1. The van der Waals surface area contributed by atoms with E-state index in [4.69, 9.17) is 10.5 Å². The average Bonchev–Trinajstić information content (AvgIpc) is 3.06. The van der Waals surface area contributed by atoms with E-state index in [0.29, 0.717) is 13.0 Å². The van der Waals surface area contributed by atoms with Crippen LogP contribution in [0.15, 0.2) is 9.59 Å². The second kappa shape index (κ2) is 7.80. The first kappa shape index (κ1) is 19.5. The lowest BCUT2D eigenvalue weighted by Crippen LogP contribution is -2.36. The van der Waals surface area contributed by atoms with Crippen molar-refractivity contribution in [1.29, 1.82) is 0 Å². The van der Waals surface area contributed by atoms with Crippen LogP contribution in [0.3, 0.4) is 0 Å². The smallest absolute Gasteiger partial charge is 0.332 e. The highest BCUT2D eigenvalue weighted by Crippen LogP contribution is 2.30. The third kappa shape index (κ3) is 3.38. The van der Waals surface area contributed by atoms with Gasteiger partial charge in [-0.1, -0.05) is 26.2 Å². The van der Waals surface area contributed by atoms with E-state index in [2.05, 4.69) is 16.9 Å². The molecule has 0 radical (unpaired) electrons. The molecule has 11 nitrogen and oxygen atoms in total. The van der Waals surface area contributed by atoms with Crippen molar-refractivity contribution in [3.05, 3.63) is 20.8 Å². The monoisotopic (exact) mass is 383 g/mol. The van der Waals surface area contributed by atoms with Crippen molar-refractivity contribution in [3.63, 3.8) is 0 Å². The van der Waals surface area contributed by atoms with Crippen LogP contribution in [0, 0.1) is 0 Å². The number of unbranched alkanes of at least 4 members (excludes halogenated alkanes) is 3. The van der Waals surface area contributed by atoms with Gasteiger partial charge in [0.05, 0.1) is 6.61 Å². The molecular weight excluding hydrogens is 358 g/mol. The van der Waals surface area contributed by atoms with E-state index in [1.807, 2.05) is 0 Å². The van der Waals surface area contributed by atoms with Gasteiger partial charge in [-0.15, -0.1) is 0 Å². The highest BCUT2D eigenvalue weighted by atomic mass is 16.6. The summed E-state index contributed by atoms with van der Waals surface area (Å²) in [6.07, 6.45) is -1.59. The number of aryl methyl sites for hydroxylation is 1. The van der Waals surface area contributed by atoms with Crippen molar-refractivity contribution < 1.29 is 20.1 Å². The predicted molar refractivity (Wildman–Crippen MR) is 96.2 cm³/mol. The minimum atomic E-state index is -1.47. The van der Waals surface area contributed by atoms with Gasteiger partial charge in [-0.05, 0) is 6.42 Å². The van der Waals surface area contributed by atoms with E-state index in [0.717, 1.165) is 23.8 Å². The molecule has 0 aromatic carbocycles. The van der Waals surface area contributed by atoms with E-state index in [-0.39, 0.29) is 17.1 Å². The number of ether oxygens (including phenoxy) is 1. The van der Waals surface area contributed by atoms with Crippen molar-refractivity contribution >= 4 is 17.1 Å². The van der Waals surface area contributed by atoms with Crippen molar-refractivity contribution in [2.24, 2.45) is 0 Å². The maximum atomic E-state index is 13.0. The molecule has 2 aromatic rings. The van der Waals surface area contributed by atoms with Crippen molar-refractivity contribution in [1.82, 2.24) is 19.1 Å². The Morgan fingerprint density at radius 3 is 2.59 bits per heavy atom. The van der Waals surface area contributed by atoms with E-state index < -0.39 is 42.4 Å². The van der Waals surface area contributed by atoms with Crippen LogP contribution in [-0.4, -0.2) is 59.3 Å². The summed E-state index contributed by atoms with van der Waals surface area (Å²) >= 11 is 0. The van der Waals surface area contributed by atoms with Crippen LogP contribution in [0.5, 0.6) is 0 Å². The lowest BCUT2D eigenvalue weighted by atomic mass is 10.1.